The molecule has 0 saturated carbocycles. The SMILES string of the molecule is Oc1ccc(C2N=NN=N2)cc1. The highest BCUT2D eigenvalue weighted by atomic mass is 16.3. The Morgan fingerprint density at radius 1 is 1.00 bits per heavy atom. The molecule has 12 heavy (non-hydrogen) atoms. The molecule has 0 aliphatic carbocycles. The Morgan fingerprint density at radius 2 is 1.58 bits per heavy atom. The molecule has 0 spiro atoms. The zero-order valence-corrected chi connectivity index (χ0v) is 6.12. The first-order valence-corrected chi connectivity index (χ1v) is 3.45. The summed E-state index contributed by atoms with van der Waals surface area (Å²) in [4.78, 5) is 0. The molecule has 0 unspecified atom stereocenters. The van der Waals surface area contributed by atoms with Crippen molar-refractivity contribution in [2.75, 3.05) is 0 Å². The molecule has 1 heterocycles. The number of rotatable bonds is 1. The lowest BCUT2D eigenvalue weighted by Crippen LogP contribution is -1.86. The predicted octanol–water partition coefficient (Wildman–Crippen LogP) is 2.22. The summed E-state index contributed by atoms with van der Waals surface area (Å²) in [6.07, 6.45) is -0.328. The van der Waals surface area contributed by atoms with E-state index in [1.54, 1.807) is 24.3 Å². The van der Waals surface area contributed by atoms with Crippen molar-refractivity contribution in [1.29, 1.82) is 0 Å². The molecule has 0 aromatic heterocycles. The second kappa shape index (κ2) is 2.69. The lowest BCUT2D eigenvalue weighted by Gasteiger charge is -1.99. The maximum atomic E-state index is 8.99. The largest absolute Gasteiger partial charge is 0.508 e. The second-order valence-electron chi connectivity index (χ2n) is 2.38. The van der Waals surface area contributed by atoms with Gasteiger partial charge in [0.1, 0.15) is 5.75 Å². The maximum absolute atomic E-state index is 8.99. The first kappa shape index (κ1) is 6.90. The van der Waals surface area contributed by atoms with Crippen molar-refractivity contribution < 1.29 is 5.11 Å². The fourth-order valence-electron chi connectivity index (χ4n) is 0.947. The number of benzene rings is 1. The fourth-order valence-corrected chi connectivity index (χ4v) is 0.947. The molecule has 1 aromatic carbocycles. The van der Waals surface area contributed by atoms with Crippen molar-refractivity contribution in [2.24, 2.45) is 20.7 Å². The summed E-state index contributed by atoms with van der Waals surface area (Å²) in [6, 6.07) is 6.64. The average Bonchev–Trinajstić information content (AvgIpc) is 2.58. The van der Waals surface area contributed by atoms with E-state index in [0.717, 1.165) is 5.56 Å². The number of aromatic hydroxyl groups is 1. The molecule has 1 aromatic rings. The van der Waals surface area contributed by atoms with E-state index in [0.29, 0.717) is 0 Å². The molecule has 0 fully saturated rings. The van der Waals surface area contributed by atoms with Gasteiger partial charge in [0, 0.05) is 5.56 Å². The average molecular weight is 162 g/mol. The third kappa shape index (κ3) is 1.16. The van der Waals surface area contributed by atoms with E-state index < -0.39 is 0 Å². The number of hydrogen-bond donors (Lipinski definition) is 1. The van der Waals surface area contributed by atoms with E-state index in [1.807, 2.05) is 0 Å². The van der Waals surface area contributed by atoms with Crippen LogP contribution in [0.2, 0.25) is 0 Å². The van der Waals surface area contributed by atoms with Crippen LogP contribution in [0.15, 0.2) is 44.9 Å². The molecular formula is C7H6N4O. The molecule has 0 atom stereocenters. The normalized spacial score (nSPS) is 15.7. The van der Waals surface area contributed by atoms with Crippen molar-refractivity contribution in [2.45, 2.75) is 6.17 Å². The van der Waals surface area contributed by atoms with Crippen LogP contribution in [-0.2, 0) is 0 Å². The molecular weight excluding hydrogens is 156 g/mol. The van der Waals surface area contributed by atoms with Crippen molar-refractivity contribution in [3.8, 4) is 5.75 Å². The first-order chi connectivity index (χ1) is 5.86. The smallest absolute Gasteiger partial charge is 0.210 e. The minimum atomic E-state index is -0.328. The zero-order valence-electron chi connectivity index (χ0n) is 6.12. The molecule has 2 rings (SSSR count). The molecule has 5 heteroatoms. The Bertz CT molecular complexity index is 318. The van der Waals surface area contributed by atoms with E-state index in [9.17, 15) is 0 Å². The van der Waals surface area contributed by atoms with Gasteiger partial charge in [-0.3, -0.25) is 0 Å². The topological polar surface area (TPSA) is 69.7 Å². The van der Waals surface area contributed by atoms with Gasteiger partial charge < -0.3 is 5.11 Å². The van der Waals surface area contributed by atoms with Crippen molar-refractivity contribution >= 4 is 0 Å². The van der Waals surface area contributed by atoms with E-state index in [1.165, 1.54) is 0 Å². The van der Waals surface area contributed by atoms with Gasteiger partial charge >= 0.3 is 0 Å². The molecule has 0 amide bonds. The highest BCUT2D eigenvalue weighted by Crippen LogP contribution is 2.24. The third-order valence-electron chi connectivity index (χ3n) is 1.55. The van der Waals surface area contributed by atoms with E-state index >= 15 is 0 Å². The Labute approximate surface area is 68.4 Å². The van der Waals surface area contributed by atoms with E-state index in [4.69, 9.17) is 5.11 Å². The van der Waals surface area contributed by atoms with Gasteiger partial charge in [0.25, 0.3) is 0 Å². The third-order valence-corrected chi connectivity index (χ3v) is 1.55. The lowest BCUT2D eigenvalue weighted by atomic mass is 10.2. The van der Waals surface area contributed by atoms with Crippen LogP contribution < -0.4 is 0 Å². The Balaban J connectivity index is 2.29. The van der Waals surface area contributed by atoms with Crippen molar-refractivity contribution in [3.05, 3.63) is 29.8 Å². The van der Waals surface area contributed by atoms with Crippen LogP contribution >= 0.6 is 0 Å². The van der Waals surface area contributed by atoms with Crippen LogP contribution in [0.1, 0.15) is 11.7 Å². The standard InChI is InChI=1S/C7H6N4O/c12-6-3-1-5(2-4-6)7-8-10-11-9-7/h1-4,7,12H. The van der Waals surface area contributed by atoms with Gasteiger partial charge in [-0.05, 0) is 22.6 Å². The lowest BCUT2D eigenvalue weighted by molar-refractivity contribution is 0.475. The Morgan fingerprint density at radius 3 is 2.17 bits per heavy atom. The summed E-state index contributed by atoms with van der Waals surface area (Å²) >= 11 is 0. The Kier molecular flexibility index (Phi) is 1.55. The van der Waals surface area contributed by atoms with E-state index in [-0.39, 0.29) is 11.9 Å². The zero-order chi connectivity index (χ0) is 8.39. The Hall–Kier alpha value is -1.78. The summed E-state index contributed by atoms with van der Waals surface area (Å²) in [5.74, 6) is 0.227. The highest BCUT2D eigenvalue weighted by molar-refractivity contribution is 5.27. The molecule has 1 aliphatic rings. The minimum absolute atomic E-state index is 0.227. The molecule has 1 aliphatic heterocycles. The van der Waals surface area contributed by atoms with Crippen LogP contribution in [0.4, 0.5) is 0 Å². The van der Waals surface area contributed by atoms with Gasteiger partial charge in [-0.1, -0.05) is 12.1 Å². The van der Waals surface area contributed by atoms with Crippen LogP contribution in [0.25, 0.3) is 0 Å². The number of phenolic OH excluding ortho intramolecular Hbond substituents is 1. The van der Waals surface area contributed by atoms with Gasteiger partial charge in [-0.25, -0.2) is 0 Å². The van der Waals surface area contributed by atoms with Gasteiger partial charge in [0.2, 0.25) is 6.17 Å². The summed E-state index contributed by atoms with van der Waals surface area (Å²) in [5, 5.41) is 23.3. The van der Waals surface area contributed by atoms with E-state index in [2.05, 4.69) is 20.7 Å². The second-order valence-corrected chi connectivity index (χ2v) is 2.38. The molecule has 0 bridgehead atoms. The summed E-state index contributed by atoms with van der Waals surface area (Å²) < 4.78 is 0. The van der Waals surface area contributed by atoms with Crippen LogP contribution in [0.3, 0.4) is 0 Å². The van der Waals surface area contributed by atoms with Crippen LogP contribution in [0.5, 0.6) is 5.75 Å². The number of hydrogen-bond acceptors (Lipinski definition) is 5. The number of nitrogens with zero attached hydrogens (tertiary/aromatic N) is 4. The maximum Gasteiger partial charge on any atom is 0.210 e. The molecule has 0 saturated heterocycles. The minimum Gasteiger partial charge on any atom is -0.508 e. The molecule has 1 N–H and O–H groups in total. The molecule has 60 valence electrons. The molecule has 0 radical (unpaired) electrons. The van der Waals surface area contributed by atoms with Gasteiger partial charge in [-0.2, -0.15) is 0 Å². The molecule has 5 nitrogen and oxygen atoms in total. The fraction of sp³-hybridized carbons (Fsp3) is 0.143. The van der Waals surface area contributed by atoms with Gasteiger partial charge in [0.05, 0.1) is 0 Å². The predicted molar refractivity (Wildman–Crippen MR) is 40.6 cm³/mol. The van der Waals surface area contributed by atoms with Crippen molar-refractivity contribution in [1.82, 2.24) is 0 Å². The van der Waals surface area contributed by atoms with Gasteiger partial charge in [-0.15, -0.1) is 10.2 Å². The first-order valence-electron chi connectivity index (χ1n) is 3.45. The van der Waals surface area contributed by atoms with Crippen molar-refractivity contribution in [3.63, 3.8) is 0 Å². The quantitative estimate of drug-likeness (QED) is 0.675. The summed E-state index contributed by atoms with van der Waals surface area (Å²) in [7, 11) is 0. The van der Waals surface area contributed by atoms with Crippen LogP contribution in [0, 0.1) is 0 Å². The van der Waals surface area contributed by atoms with Gasteiger partial charge in [0.15, 0.2) is 0 Å². The summed E-state index contributed by atoms with van der Waals surface area (Å²) in [5.41, 5.74) is 0.873. The summed E-state index contributed by atoms with van der Waals surface area (Å²) in [6.45, 7) is 0. The monoisotopic (exact) mass is 162 g/mol. The highest BCUT2D eigenvalue weighted by Gasteiger charge is 2.11. The number of phenols is 1. The van der Waals surface area contributed by atoms with Crippen LogP contribution in [-0.4, -0.2) is 5.11 Å².